The van der Waals surface area contributed by atoms with Crippen LogP contribution in [0.1, 0.15) is 57.9 Å². The highest BCUT2D eigenvalue weighted by atomic mass is 31.1. The van der Waals surface area contributed by atoms with E-state index < -0.39 is 0 Å². The van der Waals surface area contributed by atoms with Crippen LogP contribution in [0.4, 0.5) is 5.95 Å². The fourth-order valence-electron chi connectivity index (χ4n) is 3.52. The van der Waals surface area contributed by atoms with E-state index >= 15 is 0 Å². The Morgan fingerprint density at radius 2 is 1.80 bits per heavy atom. The first kappa shape index (κ1) is 21.0. The Labute approximate surface area is 158 Å². The number of anilines is 1. The van der Waals surface area contributed by atoms with Crippen LogP contribution >= 0.6 is 17.3 Å². The summed E-state index contributed by atoms with van der Waals surface area (Å²) in [6.07, 6.45) is 16.7. The predicted molar refractivity (Wildman–Crippen MR) is 115 cm³/mol. The van der Waals surface area contributed by atoms with Gasteiger partial charge in [0.1, 0.15) is 0 Å². The molecule has 4 nitrogen and oxygen atoms in total. The van der Waals surface area contributed by atoms with Gasteiger partial charge in [0, 0.05) is 39.3 Å². The quantitative estimate of drug-likeness (QED) is 0.432. The molecule has 1 saturated heterocycles. The highest BCUT2D eigenvalue weighted by molar-refractivity contribution is 7.59. The molecule has 0 saturated carbocycles. The second kappa shape index (κ2) is 11.4. The Hall–Kier alpha value is -0.300. The molecule has 0 amide bonds. The van der Waals surface area contributed by atoms with Crippen LogP contribution in [0.5, 0.6) is 0 Å². The van der Waals surface area contributed by atoms with E-state index in [-0.39, 0.29) is 8.07 Å². The minimum Gasteiger partial charge on any atom is -0.314 e. The molecule has 0 bridgehead atoms. The van der Waals surface area contributed by atoms with Crippen molar-refractivity contribution in [3.05, 3.63) is 18.0 Å². The third kappa shape index (κ3) is 6.42. The summed E-state index contributed by atoms with van der Waals surface area (Å²) < 4.78 is 2.54. The van der Waals surface area contributed by atoms with Crippen molar-refractivity contribution in [2.24, 2.45) is 0 Å². The summed E-state index contributed by atoms with van der Waals surface area (Å²) in [5.74, 6) is 0.956. The molecule has 1 aromatic rings. The molecule has 6 heteroatoms. The van der Waals surface area contributed by atoms with Gasteiger partial charge in [-0.3, -0.25) is 4.90 Å². The second-order valence-electron chi connectivity index (χ2n) is 7.11. The Morgan fingerprint density at radius 1 is 1.12 bits per heavy atom. The zero-order valence-electron chi connectivity index (χ0n) is 16.3. The highest BCUT2D eigenvalue weighted by Crippen LogP contribution is 2.47. The number of aromatic nitrogens is 2. The maximum absolute atomic E-state index is 4.76. The van der Waals surface area contributed by atoms with Crippen molar-refractivity contribution in [3.8, 4) is 0 Å². The van der Waals surface area contributed by atoms with Gasteiger partial charge in [0.25, 0.3) is 0 Å². The lowest BCUT2D eigenvalue weighted by atomic mass is 10.1. The molecule has 1 aliphatic heterocycles. The second-order valence-corrected chi connectivity index (χ2v) is 10.0. The van der Waals surface area contributed by atoms with Gasteiger partial charge in [-0.2, -0.15) is 0 Å². The normalized spacial score (nSPS) is 21.7. The van der Waals surface area contributed by atoms with E-state index in [2.05, 4.69) is 52.1 Å². The van der Waals surface area contributed by atoms with E-state index in [0.29, 0.717) is 6.04 Å². The SMILES string of the molecule is CCC1CN(C)CP(CC)N1c1ncc(CCCCCCCP)cn1. The minimum absolute atomic E-state index is 0.190. The zero-order valence-corrected chi connectivity index (χ0v) is 18.4. The first-order valence-corrected chi connectivity index (χ1v) is 12.4. The number of likely N-dealkylation sites (N-methyl/N-ethyl adjacent to an activating group) is 1. The van der Waals surface area contributed by atoms with Crippen molar-refractivity contribution in [3.63, 3.8) is 0 Å². The number of nitrogens with zero attached hydrogens (tertiary/aromatic N) is 4. The molecule has 2 rings (SSSR count). The van der Waals surface area contributed by atoms with Crippen molar-refractivity contribution < 1.29 is 0 Å². The van der Waals surface area contributed by atoms with Crippen molar-refractivity contribution in [1.29, 1.82) is 0 Å². The topological polar surface area (TPSA) is 32.3 Å². The van der Waals surface area contributed by atoms with Crippen LogP contribution in [0, 0.1) is 0 Å². The molecule has 1 aromatic heterocycles. The minimum atomic E-state index is -0.190. The summed E-state index contributed by atoms with van der Waals surface area (Å²) in [5, 5.41) is 0. The lowest BCUT2D eigenvalue weighted by Crippen LogP contribution is -2.47. The van der Waals surface area contributed by atoms with Gasteiger partial charge >= 0.3 is 0 Å². The Bertz CT molecular complexity index is 469. The zero-order chi connectivity index (χ0) is 18.1. The molecular formula is C19H36N4P2. The van der Waals surface area contributed by atoms with Crippen LogP contribution in [-0.2, 0) is 6.42 Å². The van der Waals surface area contributed by atoms with Crippen LogP contribution in [0.3, 0.4) is 0 Å². The standard InChI is InChI=1S/C19H36N4P2/c1-4-18-15-22(3)16-25(5-2)23(18)19-20-13-17(14-21-19)11-9-7-6-8-10-12-24/h13-14,18H,4-12,15-16,24H2,1-3H3. The molecule has 0 N–H and O–H groups in total. The lowest BCUT2D eigenvalue weighted by molar-refractivity contribution is 0.337. The molecule has 0 radical (unpaired) electrons. The molecule has 2 heterocycles. The Balaban J connectivity index is 1.91. The van der Waals surface area contributed by atoms with Crippen LogP contribution in [0.2, 0.25) is 0 Å². The predicted octanol–water partition coefficient (Wildman–Crippen LogP) is 4.75. The maximum atomic E-state index is 4.76. The Kier molecular flexibility index (Phi) is 9.60. The smallest absolute Gasteiger partial charge is 0.228 e. The number of rotatable bonds is 10. The van der Waals surface area contributed by atoms with E-state index in [1.165, 1.54) is 56.3 Å². The van der Waals surface area contributed by atoms with Crippen molar-refractivity contribution in [1.82, 2.24) is 14.9 Å². The fraction of sp³-hybridized carbons (Fsp3) is 0.789. The first-order valence-electron chi connectivity index (χ1n) is 9.93. The lowest BCUT2D eigenvalue weighted by Gasteiger charge is -2.45. The van der Waals surface area contributed by atoms with Gasteiger partial charge in [-0.05, 0) is 50.6 Å². The van der Waals surface area contributed by atoms with Gasteiger partial charge in [0.2, 0.25) is 5.95 Å². The summed E-state index contributed by atoms with van der Waals surface area (Å²) in [7, 11) is 4.87. The van der Waals surface area contributed by atoms with Crippen LogP contribution in [0.15, 0.2) is 12.4 Å². The molecule has 0 aliphatic carbocycles. The molecule has 3 atom stereocenters. The number of aryl methyl sites for hydroxylation is 1. The third-order valence-corrected chi connectivity index (χ3v) is 8.04. The monoisotopic (exact) mass is 382 g/mol. The van der Waals surface area contributed by atoms with Crippen molar-refractivity contribution >= 4 is 23.3 Å². The van der Waals surface area contributed by atoms with E-state index in [0.717, 1.165) is 25.3 Å². The van der Waals surface area contributed by atoms with E-state index in [1.807, 2.05) is 0 Å². The number of unbranched alkanes of at least 4 members (excludes halogenated alkanes) is 4. The molecule has 3 unspecified atom stereocenters. The average molecular weight is 382 g/mol. The summed E-state index contributed by atoms with van der Waals surface area (Å²) in [4.78, 5) is 12.0. The largest absolute Gasteiger partial charge is 0.314 e. The summed E-state index contributed by atoms with van der Waals surface area (Å²) in [5.41, 5.74) is 1.29. The van der Waals surface area contributed by atoms with Gasteiger partial charge in [-0.25, -0.2) is 9.97 Å². The van der Waals surface area contributed by atoms with Gasteiger partial charge in [0.15, 0.2) is 0 Å². The van der Waals surface area contributed by atoms with Gasteiger partial charge in [0.05, 0.1) is 0 Å². The fourth-order valence-corrected chi connectivity index (χ4v) is 6.17. The summed E-state index contributed by atoms with van der Waals surface area (Å²) >= 11 is 0. The third-order valence-electron chi connectivity index (χ3n) is 4.98. The number of hydrogen-bond acceptors (Lipinski definition) is 4. The summed E-state index contributed by atoms with van der Waals surface area (Å²) in [6.45, 7) is 5.71. The molecule has 1 aliphatic rings. The Morgan fingerprint density at radius 3 is 2.44 bits per heavy atom. The van der Waals surface area contributed by atoms with Crippen molar-refractivity contribution in [2.75, 3.05) is 36.9 Å². The van der Waals surface area contributed by atoms with Gasteiger partial charge in [-0.1, -0.05) is 33.1 Å². The van der Waals surface area contributed by atoms with Crippen molar-refractivity contribution in [2.45, 2.75) is 64.8 Å². The van der Waals surface area contributed by atoms with Crippen LogP contribution in [0.25, 0.3) is 0 Å². The molecule has 142 valence electrons. The molecule has 1 fully saturated rings. The number of hydrogen-bond donors (Lipinski definition) is 0. The molecular weight excluding hydrogens is 346 g/mol. The molecule has 0 aromatic carbocycles. The summed E-state index contributed by atoms with van der Waals surface area (Å²) in [6, 6.07) is 0.549. The van der Waals surface area contributed by atoms with E-state index in [4.69, 9.17) is 9.97 Å². The first-order chi connectivity index (χ1) is 12.2. The van der Waals surface area contributed by atoms with Crippen LogP contribution in [-0.4, -0.2) is 53.1 Å². The van der Waals surface area contributed by atoms with Crippen LogP contribution < -0.4 is 4.67 Å². The molecule has 25 heavy (non-hydrogen) atoms. The van der Waals surface area contributed by atoms with Gasteiger partial charge in [-0.15, -0.1) is 9.24 Å². The highest BCUT2D eigenvalue weighted by Gasteiger charge is 2.32. The van der Waals surface area contributed by atoms with E-state index in [1.54, 1.807) is 0 Å². The maximum Gasteiger partial charge on any atom is 0.228 e. The van der Waals surface area contributed by atoms with Gasteiger partial charge < -0.3 is 4.67 Å². The molecule has 0 spiro atoms. The average Bonchev–Trinajstić information content (AvgIpc) is 2.64. The van der Waals surface area contributed by atoms with E-state index in [9.17, 15) is 0 Å².